The van der Waals surface area contributed by atoms with Gasteiger partial charge in [-0.2, -0.15) is 0 Å². The van der Waals surface area contributed by atoms with Gasteiger partial charge in [-0.3, -0.25) is 14.5 Å². The average molecular weight is 413 g/mol. The maximum atomic E-state index is 13.2. The van der Waals surface area contributed by atoms with Crippen LogP contribution in [0, 0.1) is 0 Å². The predicted octanol–water partition coefficient (Wildman–Crippen LogP) is 3.21. The fourth-order valence-electron chi connectivity index (χ4n) is 4.88. The quantitative estimate of drug-likeness (QED) is 0.785. The van der Waals surface area contributed by atoms with E-state index in [2.05, 4.69) is 5.32 Å². The van der Waals surface area contributed by atoms with E-state index in [1.54, 1.807) is 11.3 Å². The molecule has 0 bridgehead atoms. The topological polar surface area (TPSA) is 82.6 Å². The Kier molecular flexibility index (Phi) is 4.53. The lowest BCUT2D eigenvalue weighted by Gasteiger charge is -2.35. The van der Waals surface area contributed by atoms with Gasteiger partial charge in [-0.05, 0) is 44.2 Å². The van der Waals surface area contributed by atoms with Crippen LogP contribution in [-0.4, -0.2) is 51.3 Å². The van der Waals surface area contributed by atoms with Crippen LogP contribution in [0.1, 0.15) is 56.0 Å². The first-order chi connectivity index (χ1) is 14.1. The number of likely N-dealkylation sites (tertiary alicyclic amines) is 1. The summed E-state index contributed by atoms with van der Waals surface area (Å²) in [5.41, 5.74) is 0.175. The molecule has 0 unspecified atom stereocenters. The molecule has 7 nitrogen and oxygen atoms in total. The molecule has 4 amide bonds. The average Bonchev–Trinajstić information content (AvgIpc) is 3.43. The van der Waals surface area contributed by atoms with Crippen molar-refractivity contribution in [2.75, 3.05) is 13.1 Å². The summed E-state index contributed by atoms with van der Waals surface area (Å²) in [6.45, 7) is 0.446. The Labute approximate surface area is 173 Å². The van der Waals surface area contributed by atoms with Gasteiger partial charge in [-0.1, -0.05) is 25.0 Å². The number of carbonyl (C=O) groups is 3. The van der Waals surface area contributed by atoms with E-state index < -0.39 is 11.6 Å². The van der Waals surface area contributed by atoms with Crippen LogP contribution >= 0.6 is 11.3 Å². The summed E-state index contributed by atoms with van der Waals surface area (Å²) in [5.74, 6) is -0.408. The molecule has 3 heterocycles. The highest BCUT2D eigenvalue weighted by Crippen LogP contribution is 2.37. The number of fused-ring (bicyclic) bond motifs is 1. The van der Waals surface area contributed by atoms with Crippen LogP contribution in [0.2, 0.25) is 0 Å². The van der Waals surface area contributed by atoms with Gasteiger partial charge in [0.15, 0.2) is 0 Å². The van der Waals surface area contributed by atoms with Crippen molar-refractivity contribution in [2.45, 2.75) is 56.5 Å². The second-order valence-corrected chi connectivity index (χ2v) is 9.29. The highest BCUT2D eigenvalue weighted by Gasteiger charge is 2.53. The van der Waals surface area contributed by atoms with Crippen molar-refractivity contribution < 1.29 is 14.4 Å². The summed E-state index contributed by atoms with van der Waals surface area (Å²) < 4.78 is 1.11. The molecular formula is C21H24N4O3S. The lowest BCUT2D eigenvalue weighted by molar-refractivity contribution is -0.141. The van der Waals surface area contributed by atoms with Crippen LogP contribution in [0.5, 0.6) is 0 Å². The normalized spacial score (nSPS) is 23.9. The number of carbonyl (C=O) groups excluding carboxylic acids is 3. The molecule has 2 saturated heterocycles. The molecule has 1 atom stereocenters. The van der Waals surface area contributed by atoms with Crippen LogP contribution in [-0.2, 0) is 9.59 Å². The second kappa shape index (κ2) is 7.09. The molecule has 3 aliphatic rings. The van der Waals surface area contributed by atoms with Crippen molar-refractivity contribution in [1.82, 2.24) is 20.1 Å². The van der Waals surface area contributed by atoms with Gasteiger partial charge in [0, 0.05) is 6.54 Å². The number of nitrogens with zero attached hydrogens (tertiary/aromatic N) is 3. The molecule has 5 rings (SSSR count). The molecule has 1 N–H and O–H groups in total. The summed E-state index contributed by atoms with van der Waals surface area (Å²) >= 11 is 1.62. The molecular weight excluding hydrogens is 388 g/mol. The SMILES string of the molecule is O=C1NC2(CCCC2)C(=O)N1CC(=O)N1CCCC[C@H]1c1nc2ccccc2s1. The number of hydrogen-bond donors (Lipinski definition) is 1. The van der Waals surface area contributed by atoms with Gasteiger partial charge in [0.1, 0.15) is 17.1 Å². The number of hydrogen-bond acceptors (Lipinski definition) is 5. The first kappa shape index (κ1) is 18.5. The first-order valence-electron chi connectivity index (χ1n) is 10.4. The number of rotatable bonds is 3. The van der Waals surface area contributed by atoms with Gasteiger partial charge in [-0.15, -0.1) is 11.3 Å². The number of aromatic nitrogens is 1. The van der Waals surface area contributed by atoms with Gasteiger partial charge in [0.05, 0.1) is 16.3 Å². The lowest BCUT2D eigenvalue weighted by Crippen LogP contribution is -2.47. The van der Waals surface area contributed by atoms with E-state index in [1.165, 1.54) is 0 Å². The molecule has 29 heavy (non-hydrogen) atoms. The number of nitrogens with one attached hydrogen (secondary N) is 1. The standard InChI is InChI=1S/C21H24N4O3S/c26-17(13-25-19(27)21(23-20(25)28)10-4-5-11-21)24-12-6-3-8-15(24)18-22-14-7-1-2-9-16(14)29-18/h1-2,7,9,15H,3-6,8,10-13H2,(H,23,28)/t15-/m0/s1. The Morgan fingerprint density at radius 2 is 1.97 bits per heavy atom. The van der Waals surface area contributed by atoms with Gasteiger partial charge in [0.25, 0.3) is 5.91 Å². The number of benzene rings is 1. The zero-order valence-electron chi connectivity index (χ0n) is 16.2. The van der Waals surface area contributed by atoms with Crippen molar-refractivity contribution in [2.24, 2.45) is 0 Å². The highest BCUT2D eigenvalue weighted by molar-refractivity contribution is 7.18. The molecule has 1 aliphatic carbocycles. The molecule has 152 valence electrons. The molecule has 1 aromatic heterocycles. The summed E-state index contributed by atoms with van der Waals surface area (Å²) in [6.07, 6.45) is 6.02. The maximum Gasteiger partial charge on any atom is 0.325 e. The molecule has 2 aromatic rings. The molecule has 1 aromatic carbocycles. The van der Waals surface area contributed by atoms with Gasteiger partial charge < -0.3 is 10.2 Å². The summed E-state index contributed by atoms with van der Waals surface area (Å²) in [6, 6.07) is 7.46. The smallest absolute Gasteiger partial charge is 0.325 e. The Balaban J connectivity index is 1.36. The Morgan fingerprint density at radius 3 is 2.76 bits per heavy atom. The van der Waals surface area contributed by atoms with Gasteiger partial charge in [0.2, 0.25) is 5.91 Å². The van der Waals surface area contributed by atoms with Crippen molar-refractivity contribution in [3.8, 4) is 0 Å². The third-order valence-corrected chi connectivity index (χ3v) is 7.55. The van der Waals surface area contributed by atoms with Crippen molar-refractivity contribution in [3.63, 3.8) is 0 Å². The molecule has 8 heteroatoms. The van der Waals surface area contributed by atoms with Crippen molar-refractivity contribution in [1.29, 1.82) is 0 Å². The minimum atomic E-state index is -0.772. The van der Waals surface area contributed by atoms with Gasteiger partial charge >= 0.3 is 6.03 Å². The van der Waals surface area contributed by atoms with E-state index in [1.807, 2.05) is 29.2 Å². The Hall–Kier alpha value is -2.48. The Morgan fingerprint density at radius 1 is 1.17 bits per heavy atom. The van der Waals surface area contributed by atoms with Crippen molar-refractivity contribution >= 4 is 39.4 Å². The van der Waals surface area contributed by atoms with Crippen LogP contribution in [0.4, 0.5) is 4.79 Å². The lowest BCUT2D eigenvalue weighted by atomic mass is 9.98. The number of piperidine rings is 1. The number of thiazole rings is 1. The number of amides is 4. The summed E-state index contributed by atoms with van der Waals surface area (Å²) in [5, 5.41) is 3.79. The van der Waals surface area contributed by atoms with E-state index in [9.17, 15) is 14.4 Å². The number of imide groups is 1. The monoisotopic (exact) mass is 412 g/mol. The van der Waals surface area contributed by atoms with Crippen LogP contribution in [0.15, 0.2) is 24.3 Å². The fourth-order valence-corrected chi connectivity index (χ4v) is 6.00. The summed E-state index contributed by atoms with van der Waals surface area (Å²) in [4.78, 5) is 46.2. The van der Waals surface area contributed by atoms with Crippen LogP contribution < -0.4 is 5.32 Å². The zero-order valence-corrected chi connectivity index (χ0v) is 17.0. The van der Waals surface area contributed by atoms with Crippen molar-refractivity contribution in [3.05, 3.63) is 29.3 Å². The third kappa shape index (κ3) is 3.10. The van der Waals surface area contributed by atoms with E-state index in [-0.39, 0.29) is 24.4 Å². The molecule has 0 radical (unpaired) electrons. The molecule has 2 aliphatic heterocycles. The minimum absolute atomic E-state index is 0.0881. The van der Waals surface area contributed by atoms with E-state index >= 15 is 0 Å². The van der Waals surface area contributed by atoms with Crippen LogP contribution in [0.25, 0.3) is 10.2 Å². The second-order valence-electron chi connectivity index (χ2n) is 8.23. The molecule has 1 spiro atoms. The maximum absolute atomic E-state index is 13.2. The Bertz CT molecular complexity index is 948. The predicted molar refractivity (Wildman–Crippen MR) is 109 cm³/mol. The van der Waals surface area contributed by atoms with E-state index in [0.29, 0.717) is 19.4 Å². The van der Waals surface area contributed by atoms with E-state index in [0.717, 1.165) is 52.2 Å². The van der Waals surface area contributed by atoms with E-state index in [4.69, 9.17) is 4.98 Å². The first-order valence-corrected chi connectivity index (χ1v) is 11.2. The number of para-hydroxylation sites is 1. The zero-order chi connectivity index (χ0) is 20.0. The number of urea groups is 1. The largest absolute Gasteiger partial charge is 0.332 e. The van der Waals surface area contributed by atoms with Crippen LogP contribution in [0.3, 0.4) is 0 Å². The molecule has 1 saturated carbocycles. The highest BCUT2D eigenvalue weighted by atomic mass is 32.1. The fraction of sp³-hybridized carbons (Fsp3) is 0.524. The minimum Gasteiger partial charge on any atom is -0.332 e. The third-order valence-electron chi connectivity index (χ3n) is 6.42. The summed E-state index contributed by atoms with van der Waals surface area (Å²) in [7, 11) is 0. The molecule has 3 fully saturated rings. The van der Waals surface area contributed by atoms with Gasteiger partial charge in [-0.25, -0.2) is 9.78 Å².